The van der Waals surface area contributed by atoms with Gasteiger partial charge in [-0.3, -0.25) is 0 Å². The highest BCUT2D eigenvalue weighted by atomic mass is 32.2. The van der Waals surface area contributed by atoms with Crippen molar-refractivity contribution in [1.29, 1.82) is 0 Å². The molecule has 0 unspecified atom stereocenters. The maximum atomic E-state index is 12.4. The Morgan fingerprint density at radius 3 is 2.15 bits per heavy atom. The number of hydrogen-bond donors (Lipinski definition) is 0. The van der Waals surface area contributed by atoms with Gasteiger partial charge >= 0.3 is 5.97 Å². The molecular formula is C25H31N3O4S. The molecule has 3 rings (SSSR count). The van der Waals surface area contributed by atoms with Crippen LogP contribution in [0.3, 0.4) is 0 Å². The molecule has 2 aromatic carbocycles. The molecule has 0 aromatic heterocycles. The van der Waals surface area contributed by atoms with E-state index in [4.69, 9.17) is 4.74 Å². The van der Waals surface area contributed by atoms with Crippen LogP contribution in [0.2, 0.25) is 0 Å². The summed E-state index contributed by atoms with van der Waals surface area (Å²) in [7, 11) is -3.29. The zero-order valence-electron chi connectivity index (χ0n) is 19.2. The molecule has 0 amide bonds. The summed E-state index contributed by atoms with van der Waals surface area (Å²) in [5.41, 5.74) is 2.39. The van der Waals surface area contributed by atoms with E-state index in [9.17, 15) is 13.2 Å². The Kier molecular flexibility index (Phi) is 8.38. The quantitative estimate of drug-likeness (QED) is 0.270. The number of sulfone groups is 1. The van der Waals surface area contributed by atoms with Crippen LogP contribution in [0.1, 0.15) is 33.1 Å². The van der Waals surface area contributed by atoms with Crippen molar-refractivity contribution < 1.29 is 17.9 Å². The molecule has 33 heavy (non-hydrogen) atoms. The van der Waals surface area contributed by atoms with Gasteiger partial charge in [0.05, 0.1) is 22.0 Å². The second-order valence-electron chi connectivity index (χ2n) is 8.33. The summed E-state index contributed by atoms with van der Waals surface area (Å²) in [6.45, 7) is 8.97. The molecule has 7 nitrogen and oxygen atoms in total. The fourth-order valence-electron chi connectivity index (χ4n) is 3.60. The largest absolute Gasteiger partial charge is 0.459 e. The smallest absolute Gasteiger partial charge is 0.330 e. The predicted molar refractivity (Wildman–Crippen MR) is 130 cm³/mol. The average Bonchev–Trinajstić information content (AvgIpc) is 2.83. The van der Waals surface area contributed by atoms with Gasteiger partial charge in [0, 0.05) is 37.7 Å². The lowest BCUT2D eigenvalue weighted by Gasteiger charge is -2.33. The number of esters is 1. The van der Waals surface area contributed by atoms with Gasteiger partial charge in [-0.2, -0.15) is 10.2 Å². The molecule has 0 bridgehead atoms. The monoisotopic (exact) mass is 469 g/mol. The highest BCUT2D eigenvalue weighted by Crippen LogP contribution is 2.26. The van der Waals surface area contributed by atoms with Crippen LogP contribution in [0.15, 0.2) is 76.3 Å². The Bertz CT molecular complexity index is 1070. The molecule has 1 fully saturated rings. The topological polar surface area (TPSA) is 88.4 Å². The minimum atomic E-state index is -3.29. The van der Waals surface area contributed by atoms with E-state index in [0.717, 1.165) is 38.0 Å². The third kappa shape index (κ3) is 6.99. The SMILES string of the molecule is C=CC(=O)OC1CCN(c2ccc(/N=N/c3ccc(S(=O)(=O)C[C@H](C)CC)cc3)cc2)CC1. The number of carbonyl (C=O) groups is 1. The molecule has 2 aromatic rings. The first-order chi connectivity index (χ1) is 15.8. The third-order valence-electron chi connectivity index (χ3n) is 5.78. The van der Waals surface area contributed by atoms with Crippen molar-refractivity contribution in [3.05, 3.63) is 61.2 Å². The first-order valence-electron chi connectivity index (χ1n) is 11.2. The summed E-state index contributed by atoms with van der Waals surface area (Å²) in [6, 6.07) is 14.3. The maximum Gasteiger partial charge on any atom is 0.330 e. The van der Waals surface area contributed by atoms with E-state index < -0.39 is 9.84 Å². The highest BCUT2D eigenvalue weighted by Gasteiger charge is 2.22. The normalized spacial score (nSPS) is 16.0. The maximum absolute atomic E-state index is 12.4. The fraction of sp³-hybridized carbons (Fsp3) is 0.400. The predicted octanol–water partition coefficient (Wildman–Crippen LogP) is 5.62. The van der Waals surface area contributed by atoms with E-state index in [2.05, 4.69) is 21.7 Å². The summed E-state index contributed by atoms with van der Waals surface area (Å²) < 4.78 is 30.2. The number of benzene rings is 2. The van der Waals surface area contributed by atoms with Gasteiger partial charge < -0.3 is 9.64 Å². The first kappa shape index (κ1) is 24.6. The van der Waals surface area contributed by atoms with Gasteiger partial charge in [-0.25, -0.2) is 13.2 Å². The number of azo groups is 1. The van der Waals surface area contributed by atoms with E-state index >= 15 is 0 Å². The zero-order valence-corrected chi connectivity index (χ0v) is 20.0. The van der Waals surface area contributed by atoms with Crippen molar-refractivity contribution >= 4 is 32.9 Å². The third-order valence-corrected chi connectivity index (χ3v) is 7.78. The molecule has 1 heterocycles. The molecule has 0 radical (unpaired) electrons. The molecule has 0 spiro atoms. The Hall–Kier alpha value is -3.00. The lowest BCUT2D eigenvalue weighted by Crippen LogP contribution is -2.37. The number of hydrogen-bond acceptors (Lipinski definition) is 7. The van der Waals surface area contributed by atoms with Gasteiger partial charge in [0.15, 0.2) is 9.84 Å². The fourth-order valence-corrected chi connectivity index (χ4v) is 5.33. The Morgan fingerprint density at radius 2 is 1.64 bits per heavy atom. The van der Waals surface area contributed by atoms with Gasteiger partial charge in [0.1, 0.15) is 6.10 Å². The van der Waals surface area contributed by atoms with Gasteiger partial charge in [-0.05, 0) is 54.4 Å². The second kappa shape index (κ2) is 11.2. The van der Waals surface area contributed by atoms with Crippen molar-refractivity contribution in [2.24, 2.45) is 16.1 Å². The highest BCUT2D eigenvalue weighted by molar-refractivity contribution is 7.91. The van der Waals surface area contributed by atoms with Crippen molar-refractivity contribution in [3.63, 3.8) is 0 Å². The molecule has 0 N–H and O–H groups in total. The summed E-state index contributed by atoms with van der Waals surface area (Å²) in [5, 5.41) is 8.49. The molecule has 0 aliphatic carbocycles. The Morgan fingerprint density at radius 1 is 1.09 bits per heavy atom. The zero-order chi connectivity index (χ0) is 23.8. The lowest BCUT2D eigenvalue weighted by atomic mass is 10.1. The lowest BCUT2D eigenvalue weighted by molar-refractivity contribution is -0.143. The molecule has 0 saturated carbocycles. The van der Waals surface area contributed by atoms with Gasteiger partial charge in [-0.1, -0.05) is 26.8 Å². The first-order valence-corrected chi connectivity index (χ1v) is 12.9. The Labute approximate surface area is 196 Å². The minimum Gasteiger partial charge on any atom is -0.459 e. The minimum absolute atomic E-state index is 0.0590. The van der Waals surface area contributed by atoms with Crippen LogP contribution in [-0.4, -0.2) is 39.3 Å². The van der Waals surface area contributed by atoms with E-state index in [1.54, 1.807) is 24.3 Å². The number of carbonyl (C=O) groups excluding carboxylic acids is 1. The van der Waals surface area contributed by atoms with E-state index in [1.807, 2.05) is 38.1 Å². The molecule has 1 saturated heterocycles. The van der Waals surface area contributed by atoms with Crippen LogP contribution in [-0.2, 0) is 19.4 Å². The van der Waals surface area contributed by atoms with Crippen LogP contribution in [0.4, 0.5) is 17.1 Å². The van der Waals surface area contributed by atoms with Gasteiger partial charge in [-0.15, -0.1) is 0 Å². The van der Waals surface area contributed by atoms with E-state index in [1.165, 1.54) is 6.08 Å². The summed E-state index contributed by atoms with van der Waals surface area (Å²) in [5.74, 6) is -0.0991. The van der Waals surface area contributed by atoms with Crippen LogP contribution in [0, 0.1) is 5.92 Å². The molecule has 176 valence electrons. The van der Waals surface area contributed by atoms with Gasteiger partial charge in [0.25, 0.3) is 0 Å². The summed E-state index contributed by atoms with van der Waals surface area (Å²) in [6.07, 6.45) is 3.53. The molecule has 8 heteroatoms. The Balaban J connectivity index is 1.56. The summed E-state index contributed by atoms with van der Waals surface area (Å²) >= 11 is 0. The number of piperidine rings is 1. The number of rotatable bonds is 9. The molecule has 1 aliphatic heterocycles. The van der Waals surface area contributed by atoms with Crippen LogP contribution in [0.5, 0.6) is 0 Å². The van der Waals surface area contributed by atoms with Gasteiger partial charge in [0.2, 0.25) is 0 Å². The standard InChI is InChI=1S/C25H31N3O4S/c1-4-19(3)18-33(30,31)24-12-8-21(9-13-24)27-26-20-6-10-22(11-7-20)28-16-14-23(15-17-28)32-25(29)5-2/h5-13,19,23H,2,4,14-18H2,1,3H3/b27-26+/t19-/m1/s1. The van der Waals surface area contributed by atoms with E-state index in [0.29, 0.717) is 16.3 Å². The molecule has 1 aliphatic rings. The summed E-state index contributed by atoms with van der Waals surface area (Å²) in [4.78, 5) is 13.9. The van der Waals surface area contributed by atoms with E-state index in [-0.39, 0.29) is 23.7 Å². The molecule has 1 atom stereocenters. The number of nitrogens with zero attached hydrogens (tertiary/aromatic N) is 3. The average molecular weight is 470 g/mol. The van der Waals surface area contributed by atoms with Crippen molar-refractivity contribution in [2.75, 3.05) is 23.7 Å². The molecular weight excluding hydrogens is 438 g/mol. The van der Waals surface area contributed by atoms with Crippen molar-refractivity contribution in [1.82, 2.24) is 0 Å². The van der Waals surface area contributed by atoms with Crippen molar-refractivity contribution in [3.8, 4) is 0 Å². The van der Waals surface area contributed by atoms with Crippen LogP contribution in [0.25, 0.3) is 0 Å². The number of anilines is 1. The second-order valence-corrected chi connectivity index (χ2v) is 10.4. The van der Waals surface area contributed by atoms with Crippen molar-refractivity contribution in [2.45, 2.75) is 44.1 Å². The van der Waals surface area contributed by atoms with Crippen LogP contribution >= 0.6 is 0 Å². The van der Waals surface area contributed by atoms with Crippen LogP contribution < -0.4 is 4.90 Å². The number of ether oxygens (including phenoxy) is 1.